The number of H-pyrrole nitrogens is 1. The molecule has 16 heavy (non-hydrogen) atoms. The van der Waals surface area contributed by atoms with Gasteiger partial charge in [0.15, 0.2) is 4.77 Å². The van der Waals surface area contributed by atoms with Crippen molar-refractivity contribution in [3.8, 4) is 11.4 Å². The van der Waals surface area contributed by atoms with E-state index in [-0.39, 0.29) is 0 Å². The molecule has 0 saturated heterocycles. The summed E-state index contributed by atoms with van der Waals surface area (Å²) in [6.45, 7) is 1.87. The van der Waals surface area contributed by atoms with Crippen LogP contribution in [-0.2, 0) is 0 Å². The van der Waals surface area contributed by atoms with E-state index in [9.17, 15) is 0 Å². The number of halogens is 1. The van der Waals surface area contributed by atoms with Crippen molar-refractivity contribution >= 4 is 23.8 Å². The molecule has 0 atom stereocenters. The van der Waals surface area contributed by atoms with Gasteiger partial charge in [0.1, 0.15) is 11.6 Å². The molecule has 1 aromatic heterocycles. The molecule has 84 valence electrons. The monoisotopic (exact) mass is 255 g/mol. The molecule has 0 aliphatic carbocycles. The molecule has 1 aromatic carbocycles. The van der Waals surface area contributed by atoms with Gasteiger partial charge in [-0.1, -0.05) is 11.6 Å². The molecule has 0 fully saturated rings. The maximum absolute atomic E-state index is 5.95. The first-order valence-corrected chi connectivity index (χ1v) is 5.40. The molecule has 0 aliphatic heterocycles. The lowest BCUT2D eigenvalue weighted by molar-refractivity contribution is 0.415. The van der Waals surface area contributed by atoms with E-state index < -0.39 is 0 Å². The van der Waals surface area contributed by atoms with E-state index in [1.54, 1.807) is 13.2 Å². The first-order valence-electron chi connectivity index (χ1n) is 4.61. The van der Waals surface area contributed by atoms with Crippen molar-refractivity contribution < 1.29 is 4.74 Å². The fraction of sp³-hybridized carbons (Fsp3) is 0.200. The Morgan fingerprint density at radius 3 is 2.81 bits per heavy atom. The van der Waals surface area contributed by atoms with Gasteiger partial charge in [0.2, 0.25) is 0 Å². The molecule has 0 spiro atoms. The second kappa shape index (κ2) is 4.27. The highest BCUT2D eigenvalue weighted by molar-refractivity contribution is 7.71. The van der Waals surface area contributed by atoms with Crippen LogP contribution in [0, 0.1) is 11.7 Å². The van der Waals surface area contributed by atoms with Crippen molar-refractivity contribution in [2.75, 3.05) is 7.11 Å². The minimum absolute atomic E-state index is 0.543. The Labute approximate surface area is 103 Å². The number of hydrogen-bond acceptors (Lipinski definition) is 3. The summed E-state index contributed by atoms with van der Waals surface area (Å²) in [5, 5.41) is 7.34. The van der Waals surface area contributed by atoms with Crippen molar-refractivity contribution in [2.45, 2.75) is 6.92 Å². The Morgan fingerprint density at radius 2 is 2.25 bits per heavy atom. The maximum Gasteiger partial charge on any atom is 0.199 e. The third-order valence-corrected chi connectivity index (χ3v) is 2.82. The minimum atomic E-state index is 0.543. The Morgan fingerprint density at radius 1 is 1.50 bits per heavy atom. The molecule has 6 heteroatoms. The standard InChI is InChI=1S/C10H10ClN3OS/c1-6-12-13-10(16)14(6)7-3-4-8(11)9(5-7)15-2/h3-5H,1-2H3,(H,13,16). The molecule has 0 aliphatic rings. The Balaban J connectivity index is 2.61. The number of benzene rings is 1. The fourth-order valence-electron chi connectivity index (χ4n) is 1.47. The van der Waals surface area contributed by atoms with Crippen molar-refractivity contribution in [2.24, 2.45) is 0 Å². The van der Waals surface area contributed by atoms with Gasteiger partial charge in [-0.3, -0.25) is 9.67 Å². The van der Waals surface area contributed by atoms with Crippen LogP contribution in [0.4, 0.5) is 0 Å². The van der Waals surface area contributed by atoms with E-state index in [0.29, 0.717) is 15.5 Å². The summed E-state index contributed by atoms with van der Waals surface area (Å²) in [6.07, 6.45) is 0. The van der Waals surface area contributed by atoms with Crippen LogP contribution >= 0.6 is 23.8 Å². The molecular formula is C10H10ClN3OS. The third-order valence-electron chi connectivity index (χ3n) is 2.23. The van der Waals surface area contributed by atoms with E-state index in [2.05, 4.69) is 10.2 Å². The lowest BCUT2D eigenvalue weighted by atomic mass is 10.3. The quantitative estimate of drug-likeness (QED) is 0.839. The molecule has 0 saturated carbocycles. The summed E-state index contributed by atoms with van der Waals surface area (Å²) in [5.41, 5.74) is 0.873. The van der Waals surface area contributed by atoms with Gasteiger partial charge in [0.25, 0.3) is 0 Å². The number of ether oxygens (including phenoxy) is 1. The molecule has 1 heterocycles. The summed E-state index contributed by atoms with van der Waals surface area (Å²) in [7, 11) is 1.58. The van der Waals surface area contributed by atoms with Gasteiger partial charge >= 0.3 is 0 Å². The smallest absolute Gasteiger partial charge is 0.199 e. The number of methoxy groups -OCH3 is 1. The summed E-state index contributed by atoms with van der Waals surface area (Å²) < 4.78 is 7.51. The zero-order valence-electron chi connectivity index (χ0n) is 8.82. The van der Waals surface area contributed by atoms with E-state index >= 15 is 0 Å². The van der Waals surface area contributed by atoms with Gasteiger partial charge in [-0.05, 0) is 31.3 Å². The summed E-state index contributed by atoms with van der Waals surface area (Å²) >= 11 is 11.1. The summed E-state index contributed by atoms with van der Waals surface area (Å²) in [6, 6.07) is 5.45. The molecule has 0 radical (unpaired) electrons. The maximum atomic E-state index is 5.95. The summed E-state index contributed by atoms with van der Waals surface area (Å²) in [5.74, 6) is 1.40. The molecule has 0 bridgehead atoms. The van der Waals surface area contributed by atoms with Crippen LogP contribution < -0.4 is 4.74 Å². The number of nitrogens with one attached hydrogen (secondary N) is 1. The van der Waals surface area contributed by atoms with Gasteiger partial charge < -0.3 is 4.74 Å². The predicted octanol–water partition coefficient (Wildman–Crippen LogP) is 2.90. The van der Waals surface area contributed by atoms with E-state index in [1.165, 1.54) is 0 Å². The number of rotatable bonds is 2. The highest BCUT2D eigenvalue weighted by atomic mass is 35.5. The van der Waals surface area contributed by atoms with Crippen LogP contribution in [0.1, 0.15) is 5.82 Å². The van der Waals surface area contributed by atoms with Crippen molar-refractivity contribution in [1.82, 2.24) is 14.8 Å². The lowest BCUT2D eigenvalue weighted by Crippen LogP contribution is -1.97. The first kappa shape index (κ1) is 11.2. The van der Waals surface area contributed by atoms with Crippen LogP contribution in [0.5, 0.6) is 5.75 Å². The van der Waals surface area contributed by atoms with Gasteiger partial charge in [-0.15, -0.1) is 0 Å². The molecule has 0 amide bonds. The number of aryl methyl sites for hydroxylation is 1. The fourth-order valence-corrected chi connectivity index (χ4v) is 1.95. The van der Waals surface area contributed by atoms with Gasteiger partial charge in [0, 0.05) is 6.07 Å². The second-order valence-electron chi connectivity index (χ2n) is 3.23. The van der Waals surface area contributed by atoms with E-state index in [1.807, 2.05) is 23.6 Å². The molecule has 2 rings (SSSR count). The van der Waals surface area contributed by atoms with E-state index in [4.69, 9.17) is 28.6 Å². The predicted molar refractivity (Wildman–Crippen MR) is 65.0 cm³/mol. The SMILES string of the molecule is COc1cc(-n2c(C)n[nH]c2=S)ccc1Cl. The van der Waals surface area contributed by atoms with Crippen LogP contribution in [0.15, 0.2) is 18.2 Å². The molecule has 1 N–H and O–H groups in total. The number of nitrogens with zero attached hydrogens (tertiary/aromatic N) is 2. The average Bonchev–Trinajstić information content (AvgIpc) is 2.60. The molecule has 4 nitrogen and oxygen atoms in total. The molecular weight excluding hydrogens is 246 g/mol. The number of hydrogen-bond donors (Lipinski definition) is 1. The molecule has 2 aromatic rings. The Bertz CT molecular complexity index is 576. The van der Waals surface area contributed by atoms with E-state index in [0.717, 1.165) is 11.5 Å². The zero-order chi connectivity index (χ0) is 11.7. The van der Waals surface area contributed by atoms with Gasteiger partial charge in [-0.2, -0.15) is 5.10 Å². The summed E-state index contributed by atoms with van der Waals surface area (Å²) in [4.78, 5) is 0. The van der Waals surface area contributed by atoms with Crippen LogP contribution in [0.25, 0.3) is 5.69 Å². The van der Waals surface area contributed by atoms with Crippen molar-refractivity contribution in [3.63, 3.8) is 0 Å². The topological polar surface area (TPSA) is 42.8 Å². The van der Waals surface area contributed by atoms with Crippen LogP contribution in [0.3, 0.4) is 0 Å². The Hall–Kier alpha value is -1.33. The van der Waals surface area contributed by atoms with Crippen LogP contribution in [0.2, 0.25) is 5.02 Å². The van der Waals surface area contributed by atoms with Gasteiger partial charge in [-0.25, -0.2) is 0 Å². The third kappa shape index (κ3) is 1.83. The molecule has 0 unspecified atom stereocenters. The Kier molecular flexibility index (Phi) is 2.98. The normalized spacial score (nSPS) is 10.4. The average molecular weight is 256 g/mol. The second-order valence-corrected chi connectivity index (χ2v) is 4.02. The van der Waals surface area contributed by atoms with Crippen molar-refractivity contribution in [1.29, 1.82) is 0 Å². The highest BCUT2D eigenvalue weighted by Crippen LogP contribution is 2.27. The lowest BCUT2D eigenvalue weighted by Gasteiger charge is -2.07. The number of aromatic amines is 1. The minimum Gasteiger partial charge on any atom is -0.495 e. The largest absolute Gasteiger partial charge is 0.495 e. The zero-order valence-corrected chi connectivity index (χ0v) is 10.4. The van der Waals surface area contributed by atoms with Crippen LogP contribution in [-0.4, -0.2) is 21.9 Å². The first-order chi connectivity index (χ1) is 7.63. The number of aromatic nitrogens is 3. The van der Waals surface area contributed by atoms with Gasteiger partial charge in [0.05, 0.1) is 17.8 Å². The van der Waals surface area contributed by atoms with Crippen molar-refractivity contribution in [3.05, 3.63) is 33.8 Å². The highest BCUT2D eigenvalue weighted by Gasteiger charge is 2.07.